The fourth-order valence-electron chi connectivity index (χ4n) is 2.64. The molecule has 22 heavy (non-hydrogen) atoms. The van der Waals surface area contributed by atoms with Crippen molar-refractivity contribution in [2.45, 2.75) is 30.7 Å². The summed E-state index contributed by atoms with van der Waals surface area (Å²) in [7, 11) is -5.21. The minimum absolute atomic E-state index is 0.140. The normalized spacial score (nSPS) is 18.7. The number of nitrogens with zero attached hydrogens (tertiary/aromatic N) is 2. The molecular formula is C14H22N2O4S2. The molecule has 1 fully saturated rings. The Bertz CT molecular complexity index is 736. The predicted molar refractivity (Wildman–Crippen MR) is 85.6 cm³/mol. The molecular weight excluding hydrogens is 324 g/mol. The molecule has 1 heterocycles. The highest BCUT2D eigenvalue weighted by molar-refractivity contribution is 7.89. The van der Waals surface area contributed by atoms with Crippen LogP contribution in [-0.2, 0) is 20.0 Å². The van der Waals surface area contributed by atoms with Crippen molar-refractivity contribution in [3.05, 3.63) is 29.8 Å². The number of piperidine rings is 1. The van der Waals surface area contributed by atoms with Crippen LogP contribution in [0, 0.1) is 6.92 Å². The molecule has 1 aromatic carbocycles. The molecule has 2 rings (SSSR count). The average molecular weight is 346 g/mol. The maximum atomic E-state index is 12.6. The fraction of sp³-hybridized carbons (Fsp3) is 0.571. The highest BCUT2D eigenvalue weighted by atomic mass is 32.2. The Labute approximate surface area is 132 Å². The molecule has 0 saturated carbocycles. The molecule has 1 aliphatic rings. The number of sulfonamides is 2. The number of benzene rings is 1. The Morgan fingerprint density at radius 3 is 2.23 bits per heavy atom. The smallest absolute Gasteiger partial charge is 0.213 e. The van der Waals surface area contributed by atoms with E-state index in [0.29, 0.717) is 30.8 Å². The Morgan fingerprint density at radius 1 is 1.14 bits per heavy atom. The first-order chi connectivity index (χ1) is 10.1. The van der Waals surface area contributed by atoms with Gasteiger partial charge in [0, 0.05) is 26.2 Å². The molecule has 0 bridgehead atoms. The lowest BCUT2D eigenvalue weighted by Gasteiger charge is -2.35. The van der Waals surface area contributed by atoms with Crippen LogP contribution in [0.15, 0.2) is 29.2 Å². The van der Waals surface area contributed by atoms with E-state index in [0.717, 1.165) is 5.56 Å². The van der Waals surface area contributed by atoms with Crippen molar-refractivity contribution in [1.82, 2.24) is 8.61 Å². The van der Waals surface area contributed by atoms with Crippen LogP contribution in [0.3, 0.4) is 0 Å². The zero-order chi connectivity index (χ0) is 16.5. The van der Waals surface area contributed by atoms with Crippen molar-refractivity contribution < 1.29 is 16.8 Å². The van der Waals surface area contributed by atoms with E-state index in [9.17, 15) is 16.8 Å². The first-order valence-electron chi connectivity index (χ1n) is 7.12. The molecule has 0 radical (unpaired) electrons. The van der Waals surface area contributed by atoms with Crippen LogP contribution >= 0.6 is 0 Å². The van der Waals surface area contributed by atoms with E-state index in [-0.39, 0.29) is 6.04 Å². The van der Waals surface area contributed by atoms with Crippen LogP contribution in [0.2, 0.25) is 0 Å². The van der Waals surface area contributed by atoms with Crippen LogP contribution < -0.4 is 0 Å². The molecule has 0 atom stereocenters. The molecule has 8 heteroatoms. The predicted octanol–water partition coefficient (Wildman–Crippen LogP) is 1.04. The second kappa shape index (κ2) is 6.27. The summed E-state index contributed by atoms with van der Waals surface area (Å²) in [6.45, 7) is 2.52. The van der Waals surface area contributed by atoms with Crippen molar-refractivity contribution in [3.63, 3.8) is 0 Å². The van der Waals surface area contributed by atoms with Gasteiger partial charge < -0.3 is 0 Å². The van der Waals surface area contributed by atoms with Gasteiger partial charge in [-0.3, -0.25) is 0 Å². The molecule has 1 saturated heterocycles. The maximum absolute atomic E-state index is 12.6. The molecule has 0 amide bonds. The minimum Gasteiger partial charge on any atom is -0.213 e. The van der Waals surface area contributed by atoms with Gasteiger partial charge in [-0.1, -0.05) is 12.1 Å². The third-order valence-corrected chi connectivity index (χ3v) is 7.33. The third-order valence-electron chi connectivity index (χ3n) is 4.09. The Morgan fingerprint density at radius 2 is 1.73 bits per heavy atom. The average Bonchev–Trinajstić information content (AvgIpc) is 2.45. The standard InChI is InChI=1S/C14H22N2O4S2/c1-12-5-4-6-14(11-12)22(19,20)16-9-7-13(8-10-16)15(2)21(3,17)18/h4-6,11,13H,7-10H2,1-3H3. The Hall–Kier alpha value is -0.960. The van der Waals surface area contributed by atoms with E-state index in [1.54, 1.807) is 25.2 Å². The second-order valence-electron chi connectivity index (χ2n) is 5.73. The van der Waals surface area contributed by atoms with E-state index in [4.69, 9.17) is 0 Å². The van der Waals surface area contributed by atoms with E-state index in [2.05, 4.69) is 0 Å². The molecule has 6 nitrogen and oxygen atoms in total. The summed E-state index contributed by atoms with van der Waals surface area (Å²) in [5.74, 6) is 0. The van der Waals surface area contributed by atoms with E-state index in [1.807, 2.05) is 13.0 Å². The lowest BCUT2D eigenvalue weighted by atomic mass is 10.1. The first-order valence-corrected chi connectivity index (χ1v) is 10.4. The number of aryl methyl sites for hydroxylation is 1. The van der Waals surface area contributed by atoms with Gasteiger partial charge in [0.05, 0.1) is 11.2 Å². The van der Waals surface area contributed by atoms with Crippen molar-refractivity contribution >= 4 is 20.0 Å². The third kappa shape index (κ3) is 3.68. The molecule has 0 spiro atoms. The minimum atomic E-state index is -3.50. The highest BCUT2D eigenvalue weighted by Crippen LogP contribution is 2.24. The van der Waals surface area contributed by atoms with Crippen molar-refractivity contribution in [2.75, 3.05) is 26.4 Å². The highest BCUT2D eigenvalue weighted by Gasteiger charge is 2.32. The lowest BCUT2D eigenvalue weighted by Crippen LogP contribution is -2.46. The van der Waals surface area contributed by atoms with Crippen LogP contribution in [0.5, 0.6) is 0 Å². The fourth-order valence-corrected chi connectivity index (χ4v) is 4.97. The lowest BCUT2D eigenvalue weighted by molar-refractivity contribution is 0.239. The molecule has 1 aromatic rings. The summed E-state index contributed by atoms with van der Waals surface area (Å²) in [6.07, 6.45) is 2.19. The van der Waals surface area contributed by atoms with E-state index < -0.39 is 20.0 Å². The topological polar surface area (TPSA) is 74.8 Å². The SMILES string of the molecule is Cc1cccc(S(=O)(=O)N2CCC(N(C)S(C)(=O)=O)CC2)c1. The van der Waals surface area contributed by atoms with Crippen molar-refractivity contribution in [3.8, 4) is 0 Å². The van der Waals surface area contributed by atoms with Gasteiger partial charge in [-0.15, -0.1) is 0 Å². The summed E-state index contributed by atoms with van der Waals surface area (Å²) in [6, 6.07) is 6.69. The van der Waals surface area contributed by atoms with Crippen molar-refractivity contribution in [1.29, 1.82) is 0 Å². The zero-order valence-corrected chi connectivity index (χ0v) is 14.7. The van der Waals surface area contributed by atoms with Gasteiger partial charge in [0.2, 0.25) is 20.0 Å². The van der Waals surface area contributed by atoms with Gasteiger partial charge in [-0.25, -0.2) is 21.1 Å². The molecule has 0 N–H and O–H groups in total. The summed E-state index contributed by atoms with van der Waals surface area (Å²) >= 11 is 0. The molecule has 0 aliphatic carbocycles. The van der Waals surface area contributed by atoms with E-state index >= 15 is 0 Å². The molecule has 0 unspecified atom stereocenters. The van der Waals surface area contributed by atoms with Gasteiger partial charge >= 0.3 is 0 Å². The largest absolute Gasteiger partial charge is 0.243 e. The van der Waals surface area contributed by atoms with Gasteiger partial charge in [0.25, 0.3) is 0 Å². The van der Waals surface area contributed by atoms with Gasteiger partial charge in [-0.2, -0.15) is 4.31 Å². The summed E-state index contributed by atoms with van der Waals surface area (Å²) < 4.78 is 51.1. The quantitative estimate of drug-likeness (QED) is 0.816. The summed E-state index contributed by atoms with van der Waals surface area (Å²) in [5.41, 5.74) is 0.896. The Balaban J connectivity index is 2.11. The molecule has 0 aromatic heterocycles. The second-order valence-corrected chi connectivity index (χ2v) is 9.71. The maximum Gasteiger partial charge on any atom is 0.243 e. The molecule has 124 valence electrons. The number of rotatable bonds is 4. The van der Waals surface area contributed by atoms with Gasteiger partial charge in [-0.05, 0) is 37.5 Å². The first kappa shape index (κ1) is 17.4. The van der Waals surface area contributed by atoms with E-state index in [1.165, 1.54) is 14.9 Å². The Kier molecular flexibility index (Phi) is 4.96. The van der Waals surface area contributed by atoms with Gasteiger partial charge in [0.1, 0.15) is 0 Å². The van der Waals surface area contributed by atoms with Crippen LogP contribution in [0.1, 0.15) is 18.4 Å². The number of hydrogen-bond acceptors (Lipinski definition) is 4. The number of hydrogen-bond donors (Lipinski definition) is 0. The van der Waals surface area contributed by atoms with Crippen LogP contribution in [0.4, 0.5) is 0 Å². The summed E-state index contributed by atoms with van der Waals surface area (Å²) in [4.78, 5) is 0.294. The summed E-state index contributed by atoms with van der Waals surface area (Å²) in [5, 5.41) is 0. The van der Waals surface area contributed by atoms with Gasteiger partial charge in [0.15, 0.2) is 0 Å². The van der Waals surface area contributed by atoms with Crippen LogP contribution in [0.25, 0.3) is 0 Å². The molecule has 1 aliphatic heterocycles. The van der Waals surface area contributed by atoms with Crippen molar-refractivity contribution in [2.24, 2.45) is 0 Å². The van der Waals surface area contributed by atoms with Crippen LogP contribution in [-0.4, -0.2) is 57.9 Å². The monoisotopic (exact) mass is 346 g/mol. The zero-order valence-electron chi connectivity index (χ0n) is 13.1.